The Morgan fingerprint density at radius 1 is 1.12 bits per heavy atom. The summed E-state index contributed by atoms with van der Waals surface area (Å²) in [5.74, 6) is 0.752. The van der Waals surface area contributed by atoms with Gasteiger partial charge in [-0.1, -0.05) is 44.2 Å². The molecule has 2 aliphatic heterocycles. The lowest BCUT2D eigenvalue weighted by atomic mass is 10.1. The van der Waals surface area contributed by atoms with E-state index in [9.17, 15) is 9.59 Å². The molecule has 0 radical (unpaired) electrons. The van der Waals surface area contributed by atoms with Crippen LogP contribution in [0.3, 0.4) is 0 Å². The van der Waals surface area contributed by atoms with Crippen molar-refractivity contribution in [2.24, 2.45) is 11.8 Å². The molecule has 1 aromatic rings. The standard InChI is InChI=1S/C21H31N3O2/c1-17(2)8-9-24-16-19(14-20(24)25)21(26)23-12-10-22(11-13-23)15-18-6-4-3-5-7-18/h3-7,17,19H,8-16H2,1-2H3. The largest absolute Gasteiger partial charge is 0.342 e. The Morgan fingerprint density at radius 2 is 1.81 bits per heavy atom. The van der Waals surface area contributed by atoms with Gasteiger partial charge in [-0.2, -0.15) is 0 Å². The first-order valence-electron chi connectivity index (χ1n) is 9.85. The lowest BCUT2D eigenvalue weighted by Crippen LogP contribution is -2.50. The Bertz CT molecular complexity index is 609. The van der Waals surface area contributed by atoms with E-state index in [1.165, 1.54) is 5.56 Å². The van der Waals surface area contributed by atoms with Crippen LogP contribution in [0.5, 0.6) is 0 Å². The van der Waals surface area contributed by atoms with Gasteiger partial charge in [0.2, 0.25) is 11.8 Å². The van der Waals surface area contributed by atoms with Gasteiger partial charge in [0, 0.05) is 52.2 Å². The number of benzene rings is 1. The highest BCUT2D eigenvalue weighted by molar-refractivity contribution is 5.89. The first kappa shape index (κ1) is 18.9. The molecule has 2 amide bonds. The summed E-state index contributed by atoms with van der Waals surface area (Å²) in [5.41, 5.74) is 1.31. The minimum Gasteiger partial charge on any atom is -0.342 e. The van der Waals surface area contributed by atoms with Crippen LogP contribution >= 0.6 is 0 Å². The Morgan fingerprint density at radius 3 is 2.46 bits per heavy atom. The monoisotopic (exact) mass is 357 g/mol. The number of nitrogens with zero attached hydrogens (tertiary/aromatic N) is 3. The Hall–Kier alpha value is -1.88. The number of rotatable bonds is 6. The van der Waals surface area contributed by atoms with Crippen molar-refractivity contribution in [3.05, 3.63) is 35.9 Å². The highest BCUT2D eigenvalue weighted by Gasteiger charge is 2.37. The maximum atomic E-state index is 12.8. The number of likely N-dealkylation sites (tertiary alicyclic amines) is 1. The topological polar surface area (TPSA) is 43.9 Å². The minimum atomic E-state index is -0.143. The molecular formula is C21H31N3O2. The third-order valence-corrected chi connectivity index (χ3v) is 5.47. The van der Waals surface area contributed by atoms with Gasteiger partial charge in [-0.25, -0.2) is 0 Å². The normalized spacial score (nSPS) is 21.7. The number of carbonyl (C=O) groups is 2. The van der Waals surface area contributed by atoms with Gasteiger partial charge in [-0.15, -0.1) is 0 Å². The van der Waals surface area contributed by atoms with Crippen molar-refractivity contribution in [3.8, 4) is 0 Å². The molecule has 0 aromatic heterocycles. The summed E-state index contributed by atoms with van der Waals surface area (Å²) in [6.45, 7) is 9.99. The molecule has 2 heterocycles. The molecule has 1 aromatic carbocycles. The van der Waals surface area contributed by atoms with Crippen molar-refractivity contribution in [3.63, 3.8) is 0 Å². The fourth-order valence-electron chi connectivity index (χ4n) is 3.79. The van der Waals surface area contributed by atoms with E-state index in [0.29, 0.717) is 18.9 Å². The van der Waals surface area contributed by atoms with Crippen LogP contribution in [-0.4, -0.2) is 65.8 Å². The second kappa shape index (κ2) is 8.67. The number of hydrogen-bond acceptors (Lipinski definition) is 3. The molecule has 142 valence electrons. The van der Waals surface area contributed by atoms with Gasteiger partial charge < -0.3 is 9.80 Å². The van der Waals surface area contributed by atoms with Crippen LogP contribution in [0, 0.1) is 11.8 Å². The maximum absolute atomic E-state index is 12.8. The zero-order chi connectivity index (χ0) is 18.5. The van der Waals surface area contributed by atoms with Crippen molar-refractivity contribution in [1.82, 2.24) is 14.7 Å². The average molecular weight is 357 g/mol. The van der Waals surface area contributed by atoms with Crippen LogP contribution in [0.4, 0.5) is 0 Å². The van der Waals surface area contributed by atoms with Crippen molar-refractivity contribution in [2.75, 3.05) is 39.3 Å². The van der Waals surface area contributed by atoms with E-state index in [-0.39, 0.29) is 17.7 Å². The summed E-state index contributed by atoms with van der Waals surface area (Å²) >= 11 is 0. The van der Waals surface area contributed by atoms with E-state index in [1.807, 2.05) is 15.9 Å². The van der Waals surface area contributed by atoms with Crippen LogP contribution in [0.2, 0.25) is 0 Å². The van der Waals surface area contributed by atoms with Gasteiger partial charge in [0.1, 0.15) is 0 Å². The van der Waals surface area contributed by atoms with E-state index in [0.717, 1.165) is 45.7 Å². The molecule has 0 bridgehead atoms. The van der Waals surface area contributed by atoms with E-state index in [2.05, 4.69) is 43.0 Å². The number of carbonyl (C=O) groups excluding carboxylic acids is 2. The summed E-state index contributed by atoms with van der Waals surface area (Å²) in [5, 5.41) is 0. The fourth-order valence-corrected chi connectivity index (χ4v) is 3.79. The second-order valence-electron chi connectivity index (χ2n) is 8.01. The van der Waals surface area contributed by atoms with E-state index in [4.69, 9.17) is 0 Å². The zero-order valence-electron chi connectivity index (χ0n) is 16.1. The Kier molecular flexibility index (Phi) is 6.30. The number of piperazine rings is 1. The molecule has 2 fully saturated rings. The highest BCUT2D eigenvalue weighted by Crippen LogP contribution is 2.22. The van der Waals surface area contributed by atoms with Gasteiger partial charge in [-0.05, 0) is 17.9 Å². The molecule has 2 saturated heterocycles. The van der Waals surface area contributed by atoms with Crippen LogP contribution in [0.25, 0.3) is 0 Å². The summed E-state index contributed by atoms with van der Waals surface area (Å²) < 4.78 is 0. The summed E-state index contributed by atoms with van der Waals surface area (Å²) in [7, 11) is 0. The van der Waals surface area contributed by atoms with Crippen molar-refractivity contribution in [2.45, 2.75) is 33.2 Å². The van der Waals surface area contributed by atoms with Gasteiger partial charge in [0.05, 0.1) is 5.92 Å². The van der Waals surface area contributed by atoms with Crippen LogP contribution in [0.15, 0.2) is 30.3 Å². The highest BCUT2D eigenvalue weighted by atomic mass is 16.2. The molecule has 2 aliphatic rings. The molecule has 0 saturated carbocycles. The van der Waals surface area contributed by atoms with Crippen molar-refractivity contribution < 1.29 is 9.59 Å². The Balaban J connectivity index is 1.46. The third-order valence-electron chi connectivity index (χ3n) is 5.47. The van der Waals surface area contributed by atoms with Crippen LogP contribution in [0.1, 0.15) is 32.3 Å². The summed E-state index contributed by atoms with van der Waals surface area (Å²) in [6.07, 6.45) is 1.39. The molecule has 26 heavy (non-hydrogen) atoms. The fraction of sp³-hybridized carbons (Fsp3) is 0.619. The van der Waals surface area contributed by atoms with Crippen LogP contribution in [-0.2, 0) is 16.1 Å². The van der Waals surface area contributed by atoms with Crippen molar-refractivity contribution in [1.29, 1.82) is 0 Å². The third kappa shape index (κ3) is 4.85. The predicted octanol–water partition coefficient (Wildman–Crippen LogP) is 2.23. The average Bonchev–Trinajstić information content (AvgIpc) is 3.02. The number of amides is 2. The molecule has 1 atom stereocenters. The summed E-state index contributed by atoms with van der Waals surface area (Å²) in [6, 6.07) is 10.5. The maximum Gasteiger partial charge on any atom is 0.228 e. The first-order valence-corrected chi connectivity index (χ1v) is 9.85. The van der Waals surface area contributed by atoms with E-state index < -0.39 is 0 Å². The minimum absolute atomic E-state index is 0.143. The van der Waals surface area contributed by atoms with E-state index >= 15 is 0 Å². The smallest absolute Gasteiger partial charge is 0.228 e. The van der Waals surface area contributed by atoms with Crippen molar-refractivity contribution >= 4 is 11.8 Å². The van der Waals surface area contributed by atoms with Gasteiger partial charge in [0.25, 0.3) is 0 Å². The molecular weight excluding hydrogens is 326 g/mol. The van der Waals surface area contributed by atoms with Gasteiger partial charge in [0.15, 0.2) is 0 Å². The second-order valence-corrected chi connectivity index (χ2v) is 8.01. The lowest BCUT2D eigenvalue weighted by Gasteiger charge is -2.36. The van der Waals surface area contributed by atoms with Gasteiger partial charge >= 0.3 is 0 Å². The molecule has 1 unspecified atom stereocenters. The molecule has 5 nitrogen and oxygen atoms in total. The zero-order valence-corrected chi connectivity index (χ0v) is 16.1. The quantitative estimate of drug-likeness (QED) is 0.784. The SMILES string of the molecule is CC(C)CCN1CC(C(=O)N2CCN(Cc3ccccc3)CC2)CC1=O. The summed E-state index contributed by atoms with van der Waals surface area (Å²) in [4.78, 5) is 31.3. The number of hydrogen-bond donors (Lipinski definition) is 0. The van der Waals surface area contributed by atoms with Gasteiger partial charge in [-0.3, -0.25) is 14.5 Å². The predicted molar refractivity (Wildman–Crippen MR) is 102 cm³/mol. The lowest BCUT2D eigenvalue weighted by molar-refractivity contribution is -0.137. The molecule has 3 rings (SSSR count). The molecule has 0 spiro atoms. The molecule has 5 heteroatoms. The Labute approximate surface area is 156 Å². The molecule has 0 N–H and O–H groups in total. The van der Waals surface area contributed by atoms with E-state index in [1.54, 1.807) is 0 Å². The first-order chi connectivity index (χ1) is 12.5. The van der Waals surface area contributed by atoms with Crippen LogP contribution < -0.4 is 0 Å². The molecule has 0 aliphatic carbocycles.